The predicted molar refractivity (Wildman–Crippen MR) is 63.5 cm³/mol. The van der Waals surface area contributed by atoms with Crippen LogP contribution in [0.4, 0.5) is 0 Å². The summed E-state index contributed by atoms with van der Waals surface area (Å²) in [5, 5.41) is 12.6. The van der Waals surface area contributed by atoms with Crippen molar-refractivity contribution in [2.24, 2.45) is 5.92 Å². The fraction of sp³-hybridized carbons (Fsp3) is 0.909. The van der Waals surface area contributed by atoms with Crippen molar-refractivity contribution in [1.82, 2.24) is 0 Å². The van der Waals surface area contributed by atoms with E-state index in [9.17, 15) is 10.1 Å². The van der Waals surface area contributed by atoms with E-state index in [2.05, 4.69) is 23.2 Å². The summed E-state index contributed by atoms with van der Waals surface area (Å²) in [6.45, 7) is 4.73. The Morgan fingerprint density at radius 1 is 1.39 bits per heavy atom. The maximum atomic E-state index is 11.3. The van der Waals surface area contributed by atoms with Gasteiger partial charge in [0.25, 0.3) is 0 Å². The van der Waals surface area contributed by atoms with Gasteiger partial charge in [-0.05, 0) is 12.3 Å². The average Bonchev–Trinajstić information content (AvgIpc) is 2.35. The van der Waals surface area contributed by atoms with E-state index in [4.69, 9.17) is 4.74 Å². The van der Waals surface area contributed by atoms with Crippen LogP contribution in [-0.4, -0.2) is 18.3 Å². The van der Waals surface area contributed by atoms with Crippen molar-refractivity contribution < 1.29 is 53.7 Å². The third-order valence-corrected chi connectivity index (χ3v) is 3.01. The Labute approximate surface area is 135 Å². The molecule has 7 heteroatoms. The minimum atomic E-state index is -0.262. The zero-order chi connectivity index (χ0) is 12.9. The molecule has 0 spiro atoms. The monoisotopic (exact) mass is 288 g/mol. The number of esters is 1. The third-order valence-electron chi connectivity index (χ3n) is 2.49. The maximum absolute atomic E-state index is 11.3. The Kier molecular flexibility index (Phi) is 18.4. The fourth-order valence-corrected chi connectivity index (χ4v) is 1.72. The first-order valence-corrected chi connectivity index (χ1v) is 6.89. The number of hydrogen-bond acceptors (Lipinski definition) is 6. The van der Waals surface area contributed by atoms with Gasteiger partial charge in [-0.3, -0.25) is 9.83 Å². The van der Waals surface area contributed by atoms with Crippen molar-refractivity contribution in [2.45, 2.75) is 46.0 Å². The molecule has 0 aliphatic carbocycles. The summed E-state index contributed by atoms with van der Waals surface area (Å²) < 4.78 is 9.18. The van der Waals surface area contributed by atoms with Gasteiger partial charge in [0.05, 0.1) is 13.0 Å². The van der Waals surface area contributed by atoms with Crippen LogP contribution in [0.3, 0.4) is 0 Å². The normalized spacial score (nSPS) is 11.7. The van der Waals surface area contributed by atoms with Crippen molar-refractivity contribution in [3.05, 3.63) is 0 Å². The molecule has 0 amide bonds. The molecule has 0 rings (SSSR count). The van der Waals surface area contributed by atoms with Gasteiger partial charge in [0.1, 0.15) is 0 Å². The Bertz CT molecular complexity index is 194. The number of rotatable bonds is 11. The van der Waals surface area contributed by atoms with Gasteiger partial charge >= 0.3 is 35.5 Å². The van der Waals surface area contributed by atoms with Gasteiger partial charge in [-0.25, -0.2) is 0 Å². The molecular weight excluding hydrogens is 267 g/mol. The second-order valence-electron chi connectivity index (χ2n) is 3.81. The van der Waals surface area contributed by atoms with Crippen LogP contribution in [0.15, 0.2) is 0 Å². The van der Waals surface area contributed by atoms with Crippen LogP contribution in [0.5, 0.6) is 0 Å². The second-order valence-corrected chi connectivity index (χ2v) is 4.59. The molecule has 0 saturated carbocycles. The van der Waals surface area contributed by atoms with Crippen LogP contribution in [0.2, 0.25) is 0 Å². The summed E-state index contributed by atoms with van der Waals surface area (Å²) in [4.78, 5) is 11.3. The van der Waals surface area contributed by atoms with Gasteiger partial charge in [0.2, 0.25) is 0 Å². The predicted octanol–water partition coefficient (Wildman–Crippen LogP) is -0.988. The first-order chi connectivity index (χ1) is 8.24. The van der Waals surface area contributed by atoms with Crippen LogP contribution in [0.25, 0.3) is 0 Å². The largest absolute Gasteiger partial charge is 1.00 e. The van der Waals surface area contributed by atoms with Gasteiger partial charge in [-0.2, -0.15) is 4.33 Å². The van der Waals surface area contributed by atoms with Crippen molar-refractivity contribution >= 4 is 18.0 Å². The van der Waals surface area contributed by atoms with Crippen molar-refractivity contribution in [2.75, 3.05) is 12.4 Å². The molecule has 0 aromatic heterocycles. The maximum Gasteiger partial charge on any atom is 1.00 e. The molecule has 18 heavy (non-hydrogen) atoms. The molecule has 0 saturated heterocycles. The number of unbranched alkanes of at least 4 members (excludes halogenated alkanes) is 1. The van der Waals surface area contributed by atoms with Crippen molar-refractivity contribution in [1.29, 1.82) is 0 Å². The molecule has 5 nitrogen and oxygen atoms in total. The van der Waals surface area contributed by atoms with E-state index in [-0.39, 0.29) is 41.9 Å². The Morgan fingerprint density at radius 2 is 2.11 bits per heavy atom. The van der Waals surface area contributed by atoms with E-state index < -0.39 is 0 Å². The summed E-state index contributed by atoms with van der Waals surface area (Å²) in [7, 11) is 0. The third kappa shape index (κ3) is 13.1. The molecule has 0 aliphatic rings. The van der Waals surface area contributed by atoms with Crippen LogP contribution in [0, 0.1) is 5.92 Å². The van der Waals surface area contributed by atoms with Crippen LogP contribution < -0.4 is 34.8 Å². The second kappa shape index (κ2) is 15.8. The molecule has 0 N–H and O–H groups in total. The Morgan fingerprint density at radius 3 is 2.67 bits per heavy atom. The quantitative estimate of drug-likeness (QED) is 0.121. The zero-order valence-corrected chi connectivity index (χ0v) is 14.3. The molecule has 0 bridgehead atoms. The van der Waals surface area contributed by atoms with E-state index >= 15 is 0 Å². The van der Waals surface area contributed by atoms with Gasteiger partial charge in [0, 0.05) is 17.8 Å². The first-order valence-electron chi connectivity index (χ1n) is 5.98. The van der Waals surface area contributed by atoms with E-state index in [0.29, 0.717) is 18.3 Å². The van der Waals surface area contributed by atoms with Crippen LogP contribution >= 0.6 is 12.0 Å². The molecule has 0 aromatic carbocycles. The van der Waals surface area contributed by atoms with E-state index in [1.54, 1.807) is 0 Å². The Hall–Kier alpha value is 0.700. The SMILES string of the molecule is CCCCC(CC)COC(=O)CCSOO[O-].[Na+]. The standard InChI is InChI=1S/C11H22O5S.Na/c1-3-5-6-10(4-2)9-14-11(12)7-8-17-16-15-13;/h10,13H,3-9H2,1-2H3;/q;+1/p-1. The molecule has 0 heterocycles. The van der Waals surface area contributed by atoms with Gasteiger partial charge in [-0.15, -0.1) is 0 Å². The number of ether oxygens (including phenoxy) is 1. The topological polar surface area (TPSA) is 67.8 Å². The average molecular weight is 288 g/mol. The van der Waals surface area contributed by atoms with E-state index in [1.807, 2.05) is 0 Å². The molecule has 0 aliphatic heterocycles. The molecule has 0 aromatic rings. The molecule has 102 valence electrons. The summed E-state index contributed by atoms with van der Waals surface area (Å²) in [5.41, 5.74) is 0. The van der Waals surface area contributed by atoms with E-state index in [1.165, 1.54) is 6.42 Å². The van der Waals surface area contributed by atoms with Crippen molar-refractivity contribution in [3.63, 3.8) is 0 Å². The van der Waals surface area contributed by atoms with Crippen LogP contribution in [-0.2, 0) is 18.9 Å². The number of carbonyl (C=O) groups excluding carboxylic acids is 1. The van der Waals surface area contributed by atoms with E-state index in [0.717, 1.165) is 31.3 Å². The molecular formula is C11H21NaO5S. The first kappa shape index (κ1) is 21.0. The van der Waals surface area contributed by atoms with Crippen LogP contribution in [0.1, 0.15) is 46.0 Å². The van der Waals surface area contributed by atoms with Gasteiger partial charge in [0.15, 0.2) is 0 Å². The fourth-order valence-electron chi connectivity index (χ4n) is 1.36. The Balaban J connectivity index is 0. The summed E-state index contributed by atoms with van der Waals surface area (Å²) in [6, 6.07) is 0. The van der Waals surface area contributed by atoms with Gasteiger partial charge in [-0.1, -0.05) is 33.1 Å². The minimum Gasteiger partial charge on any atom is -0.691 e. The van der Waals surface area contributed by atoms with Crippen molar-refractivity contribution in [3.8, 4) is 0 Å². The molecule has 1 atom stereocenters. The summed E-state index contributed by atoms with van der Waals surface area (Å²) in [6.07, 6.45) is 4.67. The minimum absolute atomic E-state index is 0. The van der Waals surface area contributed by atoms with Gasteiger partial charge < -0.3 is 9.99 Å². The number of hydrogen-bond donors (Lipinski definition) is 0. The molecule has 1 unspecified atom stereocenters. The zero-order valence-electron chi connectivity index (χ0n) is 11.5. The number of carbonyl (C=O) groups is 1. The molecule has 0 radical (unpaired) electrons. The summed E-state index contributed by atoms with van der Waals surface area (Å²) in [5.74, 6) is 0.544. The smallest absolute Gasteiger partial charge is 0.691 e. The summed E-state index contributed by atoms with van der Waals surface area (Å²) >= 11 is 0.800. The molecule has 0 fully saturated rings.